The van der Waals surface area contributed by atoms with Gasteiger partial charge >= 0.3 is 0 Å². The van der Waals surface area contributed by atoms with Crippen molar-refractivity contribution in [1.82, 2.24) is 24.5 Å². The summed E-state index contributed by atoms with van der Waals surface area (Å²) < 4.78 is 34.7. The van der Waals surface area contributed by atoms with Crippen molar-refractivity contribution in [3.05, 3.63) is 60.4 Å². The molecule has 1 aromatic heterocycles. The van der Waals surface area contributed by atoms with E-state index in [1.807, 2.05) is 13.8 Å². The fourth-order valence-corrected chi connectivity index (χ4v) is 5.12. The van der Waals surface area contributed by atoms with Crippen molar-refractivity contribution in [2.24, 2.45) is 0 Å². The summed E-state index contributed by atoms with van der Waals surface area (Å²) in [5.41, 5.74) is 1.44. The fraction of sp³-hybridized carbons (Fsp3) is 0.300. The summed E-state index contributed by atoms with van der Waals surface area (Å²) in [5, 5.41) is 13.8. The van der Waals surface area contributed by atoms with E-state index in [4.69, 9.17) is 4.74 Å². The second-order valence-electron chi connectivity index (χ2n) is 7.37. The zero-order valence-electron chi connectivity index (χ0n) is 17.0. The summed E-state index contributed by atoms with van der Waals surface area (Å²) in [4.78, 5) is 12.9. The number of sulfonamides is 1. The topological polar surface area (TPSA) is 119 Å². The van der Waals surface area contributed by atoms with Crippen molar-refractivity contribution in [3.63, 3.8) is 0 Å². The van der Waals surface area contributed by atoms with E-state index in [0.717, 1.165) is 0 Å². The van der Waals surface area contributed by atoms with Gasteiger partial charge in [-0.2, -0.15) is 4.31 Å². The van der Waals surface area contributed by atoms with Crippen LogP contribution in [0.3, 0.4) is 0 Å². The van der Waals surface area contributed by atoms with E-state index in [1.54, 1.807) is 36.4 Å². The number of nitrogens with one attached hydrogen (secondary N) is 1. The Kier molecular flexibility index (Phi) is 5.81. The average molecular weight is 443 g/mol. The molecule has 0 saturated carbocycles. The first-order valence-electron chi connectivity index (χ1n) is 9.73. The van der Waals surface area contributed by atoms with Crippen molar-refractivity contribution >= 4 is 21.6 Å². The zero-order valence-corrected chi connectivity index (χ0v) is 17.9. The Hall–Kier alpha value is -3.15. The van der Waals surface area contributed by atoms with Crippen LogP contribution in [0.1, 0.15) is 24.2 Å². The number of carbonyl (C=O) groups excluding carboxylic acids is 1. The van der Waals surface area contributed by atoms with Crippen LogP contribution in [0.25, 0.3) is 5.69 Å². The molecule has 0 bridgehead atoms. The number of hydrogen-bond acceptors (Lipinski definition) is 7. The van der Waals surface area contributed by atoms with Crippen molar-refractivity contribution in [2.75, 3.05) is 18.4 Å². The van der Waals surface area contributed by atoms with Crippen LogP contribution in [0.5, 0.6) is 0 Å². The second-order valence-corrected chi connectivity index (χ2v) is 9.30. The number of tetrazole rings is 1. The molecule has 11 heteroatoms. The van der Waals surface area contributed by atoms with E-state index in [2.05, 4.69) is 20.8 Å². The van der Waals surface area contributed by atoms with Gasteiger partial charge in [0.25, 0.3) is 5.91 Å². The van der Waals surface area contributed by atoms with Gasteiger partial charge in [0.15, 0.2) is 0 Å². The fourth-order valence-electron chi connectivity index (χ4n) is 3.48. The summed E-state index contributed by atoms with van der Waals surface area (Å²) in [6, 6.07) is 13.0. The predicted octanol–water partition coefficient (Wildman–Crippen LogP) is 1.71. The highest BCUT2D eigenvalue weighted by Crippen LogP contribution is 2.22. The number of anilines is 1. The Bertz CT molecular complexity index is 1170. The molecule has 0 aliphatic carbocycles. The van der Waals surface area contributed by atoms with Gasteiger partial charge < -0.3 is 10.1 Å². The summed E-state index contributed by atoms with van der Waals surface area (Å²) >= 11 is 0. The van der Waals surface area contributed by atoms with Gasteiger partial charge in [-0.05, 0) is 60.7 Å². The third kappa shape index (κ3) is 4.63. The van der Waals surface area contributed by atoms with Crippen LogP contribution in [0.15, 0.2) is 59.8 Å². The lowest BCUT2D eigenvalue weighted by Gasteiger charge is -2.34. The Morgan fingerprint density at radius 1 is 1.10 bits per heavy atom. The highest BCUT2D eigenvalue weighted by atomic mass is 32.2. The van der Waals surface area contributed by atoms with Crippen molar-refractivity contribution in [3.8, 4) is 5.69 Å². The molecule has 31 heavy (non-hydrogen) atoms. The van der Waals surface area contributed by atoms with Gasteiger partial charge in [-0.15, -0.1) is 5.10 Å². The molecule has 2 aromatic carbocycles. The van der Waals surface area contributed by atoms with Gasteiger partial charge in [-0.3, -0.25) is 4.79 Å². The number of carbonyl (C=O) groups is 1. The molecule has 1 aliphatic rings. The monoisotopic (exact) mass is 442 g/mol. The molecule has 0 radical (unpaired) electrons. The second kappa shape index (κ2) is 8.53. The molecule has 1 amide bonds. The van der Waals surface area contributed by atoms with Gasteiger partial charge in [0.05, 0.1) is 22.8 Å². The van der Waals surface area contributed by atoms with E-state index in [-0.39, 0.29) is 35.8 Å². The Morgan fingerprint density at radius 3 is 2.55 bits per heavy atom. The molecule has 1 fully saturated rings. The van der Waals surface area contributed by atoms with Gasteiger partial charge in [-0.1, -0.05) is 12.1 Å². The molecular formula is C20H22N6O4S. The first-order valence-corrected chi connectivity index (χ1v) is 11.2. The maximum absolute atomic E-state index is 13.1. The lowest BCUT2D eigenvalue weighted by molar-refractivity contribution is -0.0440. The Labute approximate surface area is 179 Å². The van der Waals surface area contributed by atoms with Crippen LogP contribution in [0, 0.1) is 0 Å². The van der Waals surface area contributed by atoms with Crippen LogP contribution < -0.4 is 5.32 Å². The van der Waals surface area contributed by atoms with Crippen LogP contribution >= 0.6 is 0 Å². The molecular weight excluding hydrogens is 420 g/mol. The normalized spacial score (nSPS) is 19.8. The minimum atomic E-state index is -3.75. The first kappa shape index (κ1) is 21.1. The van der Waals surface area contributed by atoms with Crippen molar-refractivity contribution in [2.45, 2.75) is 31.0 Å². The van der Waals surface area contributed by atoms with Gasteiger partial charge in [0.1, 0.15) is 6.33 Å². The standard InChI is InChI=1S/C20H22N6O4S/c1-14-11-25(12-15(2)30-14)31(28,29)19-8-3-5-16(9-19)20(27)22-17-6-4-7-18(10-17)26-13-21-23-24-26/h3-10,13-15H,11-12H2,1-2H3,(H,22,27). The SMILES string of the molecule is CC1CN(S(=O)(=O)c2cccc(C(=O)Nc3cccc(-n4cnnn4)c3)c2)CC(C)O1. The highest BCUT2D eigenvalue weighted by molar-refractivity contribution is 7.89. The summed E-state index contributed by atoms with van der Waals surface area (Å²) in [7, 11) is -3.75. The molecule has 1 aliphatic heterocycles. The number of benzene rings is 2. The molecule has 3 aromatic rings. The number of morpholine rings is 1. The predicted molar refractivity (Wildman–Crippen MR) is 112 cm³/mol. The zero-order chi connectivity index (χ0) is 22.0. The minimum absolute atomic E-state index is 0.0730. The lowest BCUT2D eigenvalue weighted by atomic mass is 10.2. The smallest absolute Gasteiger partial charge is 0.255 e. The highest BCUT2D eigenvalue weighted by Gasteiger charge is 2.32. The number of ether oxygens (including phenoxy) is 1. The van der Waals surface area contributed by atoms with E-state index in [9.17, 15) is 13.2 Å². The molecule has 1 saturated heterocycles. The number of amides is 1. The summed E-state index contributed by atoms with van der Waals surface area (Å²) in [6.45, 7) is 4.22. The molecule has 10 nitrogen and oxygen atoms in total. The summed E-state index contributed by atoms with van der Waals surface area (Å²) in [5.74, 6) is -0.422. The largest absolute Gasteiger partial charge is 0.373 e. The van der Waals surface area contributed by atoms with E-state index in [0.29, 0.717) is 11.4 Å². The Balaban J connectivity index is 1.54. The van der Waals surface area contributed by atoms with Crippen LogP contribution in [-0.4, -0.2) is 64.1 Å². The molecule has 0 spiro atoms. The number of nitrogens with zero attached hydrogens (tertiary/aromatic N) is 5. The molecule has 2 unspecified atom stereocenters. The van der Waals surface area contributed by atoms with Crippen molar-refractivity contribution in [1.29, 1.82) is 0 Å². The third-order valence-electron chi connectivity index (χ3n) is 4.84. The third-order valence-corrected chi connectivity index (χ3v) is 6.67. The molecule has 162 valence electrons. The first-order chi connectivity index (χ1) is 14.8. The molecule has 2 atom stereocenters. The maximum atomic E-state index is 13.1. The number of hydrogen-bond donors (Lipinski definition) is 1. The van der Waals surface area contributed by atoms with E-state index in [1.165, 1.54) is 27.4 Å². The molecule has 1 N–H and O–H groups in total. The van der Waals surface area contributed by atoms with Crippen LogP contribution in [-0.2, 0) is 14.8 Å². The number of aromatic nitrogens is 4. The molecule has 4 rings (SSSR count). The van der Waals surface area contributed by atoms with Gasteiger partial charge in [0.2, 0.25) is 10.0 Å². The van der Waals surface area contributed by atoms with E-state index < -0.39 is 15.9 Å². The van der Waals surface area contributed by atoms with Crippen molar-refractivity contribution < 1.29 is 17.9 Å². The molecule has 2 heterocycles. The minimum Gasteiger partial charge on any atom is -0.373 e. The van der Waals surface area contributed by atoms with Gasteiger partial charge in [0, 0.05) is 24.3 Å². The summed E-state index contributed by atoms with van der Waals surface area (Å²) in [6.07, 6.45) is 1.05. The lowest BCUT2D eigenvalue weighted by Crippen LogP contribution is -2.48. The number of rotatable bonds is 5. The quantitative estimate of drug-likeness (QED) is 0.639. The van der Waals surface area contributed by atoms with Crippen LogP contribution in [0.4, 0.5) is 5.69 Å². The van der Waals surface area contributed by atoms with Gasteiger partial charge in [-0.25, -0.2) is 13.1 Å². The Morgan fingerprint density at radius 2 is 1.84 bits per heavy atom. The van der Waals surface area contributed by atoms with Crippen LogP contribution in [0.2, 0.25) is 0 Å². The average Bonchev–Trinajstić information content (AvgIpc) is 3.28. The maximum Gasteiger partial charge on any atom is 0.255 e. The van der Waals surface area contributed by atoms with E-state index >= 15 is 0 Å².